The molecule has 1 heterocycles. The third-order valence-corrected chi connectivity index (χ3v) is 5.20. The van der Waals surface area contributed by atoms with E-state index in [-0.39, 0.29) is 34.3 Å². The number of benzene rings is 1. The second kappa shape index (κ2) is 11.7. The number of rotatable bonds is 9. The molecule has 0 aliphatic heterocycles. The van der Waals surface area contributed by atoms with Gasteiger partial charge in [-0.2, -0.15) is 9.97 Å². The fraction of sp³-hybridized carbons (Fsp3) is 0.211. The van der Waals surface area contributed by atoms with E-state index >= 15 is 0 Å². The molecule has 2 rings (SSSR count). The molecule has 1 aromatic carbocycles. The predicted octanol–water partition coefficient (Wildman–Crippen LogP) is 1.23. The summed E-state index contributed by atoms with van der Waals surface area (Å²) in [6, 6.07) is 6.77. The zero-order valence-electron chi connectivity index (χ0n) is 17.8. The molecular weight excluding hydrogens is 474 g/mol. The normalized spacial score (nSPS) is 10.9. The van der Waals surface area contributed by atoms with Crippen LogP contribution in [0.5, 0.6) is 11.9 Å². The van der Waals surface area contributed by atoms with E-state index in [1.807, 2.05) is 0 Å². The van der Waals surface area contributed by atoms with Crippen molar-refractivity contribution in [3.8, 4) is 11.9 Å². The SMILES string of the molecule is CCOC(=O)C=CC(=O)NC(=S)Nc1ccc(S(=O)(=O)Nc2cc(OC)nc(OC)n2)cc1. The van der Waals surface area contributed by atoms with Gasteiger partial charge in [0.25, 0.3) is 10.0 Å². The number of methoxy groups -OCH3 is 2. The van der Waals surface area contributed by atoms with Crippen LogP contribution in [0.1, 0.15) is 6.92 Å². The number of nitrogens with one attached hydrogen (secondary N) is 3. The van der Waals surface area contributed by atoms with Crippen molar-refractivity contribution in [3.63, 3.8) is 0 Å². The molecule has 14 heteroatoms. The van der Waals surface area contributed by atoms with Gasteiger partial charge in [-0.05, 0) is 43.4 Å². The molecule has 0 bridgehead atoms. The lowest BCUT2D eigenvalue weighted by Crippen LogP contribution is -2.33. The average molecular weight is 496 g/mol. The molecule has 12 nitrogen and oxygen atoms in total. The maximum atomic E-state index is 12.7. The van der Waals surface area contributed by atoms with Crippen LogP contribution >= 0.6 is 12.2 Å². The molecule has 0 spiro atoms. The van der Waals surface area contributed by atoms with Crippen LogP contribution in [0.15, 0.2) is 47.4 Å². The number of esters is 1. The van der Waals surface area contributed by atoms with Gasteiger partial charge in [0.05, 0.1) is 25.7 Å². The Bertz CT molecular complexity index is 1130. The van der Waals surface area contributed by atoms with E-state index in [1.54, 1.807) is 6.92 Å². The zero-order chi connectivity index (χ0) is 24.4. The number of nitrogens with zero attached hydrogens (tertiary/aromatic N) is 2. The monoisotopic (exact) mass is 495 g/mol. The van der Waals surface area contributed by atoms with E-state index in [1.165, 1.54) is 44.6 Å². The van der Waals surface area contributed by atoms with Gasteiger partial charge in [0.15, 0.2) is 10.9 Å². The minimum Gasteiger partial charge on any atom is -0.481 e. The van der Waals surface area contributed by atoms with Crippen LogP contribution in [0.4, 0.5) is 11.5 Å². The van der Waals surface area contributed by atoms with Crippen LogP contribution < -0.4 is 24.8 Å². The fourth-order valence-electron chi connectivity index (χ4n) is 2.22. The number of anilines is 2. The van der Waals surface area contributed by atoms with Gasteiger partial charge in [-0.15, -0.1) is 0 Å². The molecule has 3 N–H and O–H groups in total. The Kier molecular flexibility index (Phi) is 9.06. The summed E-state index contributed by atoms with van der Waals surface area (Å²) in [5.41, 5.74) is 0.416. The zero-order valence-corrected chi connectivity index (χ0v) is 19.5. The van der Waals surface area contributed by atoms with E-state index in [0.717, 1.165) is 12.2 Å². The largest absolute Gasteiger partial charge is 0.481 e. The van der Waals surface area contributed by atoms with Crippen LogP contribution in [0.25, 0.3) is 0 Å². The van der Waals surface area contributed by atoms with Gasteiger partial charge in [-0.1, -0.05) is 0 Å². The summed E-state index contributed by atoms with van der Waals surface area (Å²) in [6.07, 6.45) is 1.95. The standard InChI is InChI=1S/C19H21N5O7S2/c1-4-31-17(26)10-9-15(25)22-19(32)20-12-5-7-13(8-6-12)33(27,28)24-14-11-16(29-2)23-18(21-14)30-3/h5-11H,4H2,1-3H3,(H,21,23,24)(H2,20,22,25,32). The molecule has 33 heavy (non-hydrogen) atoms. The quantitative estimate of drug-likeness (QED) is 0.261. The van der Waals surface area contributed by atoms with Gasteiger partial charge >= 0.3 is 12.0 Å². The number of ether oxygens (including phenoxy) is 3. The first-order chi connectivity index (χ1) is 15.7. The van der Waals surface area contributed by atoms with Gasteiger partial charge in [-0.3, -0.25) is 14.8 Å². The second-order valence-electron chi connectivity index (χ2n) is 5.94. The number of carbonyl (C=O) groups is 2. The Morgan fingerprint density at radius 1 is 1.09 bits per heavy atom. The molecule has 1 amide bonds. The number of hydrogen-bond donors (Lipinski definition) is 3. The van der Waals surface area contributed by atoms with Crippen molar-refractivity contribution < 1.29 is 32.2 Å². The Morgan fingerprint density at radius 3 is 2.39 bits per heavy atom. The molecule has 2 aromatic rings. The van der Waals surface area contributed by atoms with Gasteiger partial charge in [0, 0.05) is 23.9 Å². The first kappa shape index (κ1) is 25.5. The van der Waals surface area contributed by atoms with E-state index < -0.39 is 21.9 Å². The third-order valence-electron chi connectivity index (χ3n) is 3.63. The second-order valence-corrected chi connectivity index (χ2v) is 8.03. The Balaban J connectivity index is 2.02. The van der Waals surface area contributed by atoms with Crippen LogP contribution in [0.3, 0.4) is 0 Å². The van der Waals surface area contributed by atoms with Gasteiger partial charge in [0.2, 0.25) is 11.8 Å². The minimum atomic E-state index is -3.98. The molecule has 0 unspecified atom stereocenters. The van der Waals surface area contributed by atoms with Crippen molar-refractivity contribution in [3.05, 3.63) is 42.5 Å². The predicted molar refractivity (Wildman–Crippen MR) is 123 cm³/mol. The van der Waals surface area contributed by atoms with Crippen molar-refractivity contribution in [1.29, 1.82) is 0 Å². The lowest BCUT2D eigenvalue weighted by atomic mass is 10.3. The summed E-state index contributed by atoms with van der Waals surface area (Å²) in [7, 11) is -1.28. The summed E-state index contributed by atoms with van der Waals surface area (Å²) in [5.74, 6) is -1.22. The first-order valence-electron chi connectivity index (χ1n) is 9.23. The highest BCUT2D eigenvalue weighted by molar-refractivity contribution is 7.92. The highest BCUT2D eigenvalue weighted by Gasteiger charge is 2.17. The average Bonchev–Trinajstić information content (AvgIpc) is 2.77. The summed E-state index contributed by atoms with van der Waals surface area (Å²) in [6.45, 7) is 1.83. The van der Waals surface area contributed by atoms with E-state index in [2.05, 4.69) is 30.1 Å². The number of hydrogen-bond acceptors (Lipinski definition) is 10. The number of amides is 1. The van der Waals surface area contributed by atoms with Crippen molar-refractivity contribution in [2.45, 2.75) is 11.8 Å². The number of sulfonamides is 1. The lowest BCUT2D eigenvalue weighted by molar-refractivity contribution is -0.137. The Morgan fingerprint density at radius 2 is 1.79 bits per heavy atom. The third kappa shape index (κ3) is 8.01. The highest BCUT2D eigenvalue weighted by Crippen LogP contribution is 2.21. The summed E-state index contributed by atoms with van der Waals surface area (Å²) < 4.78 is 42.2. The Hall–Kier alpha value is -3.78. The van der Waals surface area contributed by atoms with Gasteiger partial charge < -0.3 is 19.5 Å². The number of thiocarbonyl (C=S) groups is 1. The molecule has 0 fully saturated rings. The van der Waals surface area contributed by atoms with Crippen molar-refractivity contribution in [1.82, 2.24) is 15.3 Å². The molecule has 0 saturated heterocycles. The number of carbonyl (C=O) groups excluding carboxylic acids is 2. The highest BCUT2D eigenvalue weighted by atomic mass is 32.2. The molecule has 0 atom stereocenters. The van der Waals surface area contributed by atoms with E-state index in [9.17, 15) is 18.0 Å². The molecular formula is C19H21N5O7S2. The van der Waals surface area contributed by atoms with Crippen LogP contribution in [0, 0.1) is 0 Å². The maximum absolute atomic E-state index is 12.7. The van der Waals surface area contributed by atoms with E-state index in [0.29, 0.717) is 5.69 Å². The summed E-state index contributed by atoms with van der Waals surface area (Å²) in [5, 5.41) is 5.01. The molecule has 0 aliphatic carbocycles. The fourth-order valence-corrected chi connectivity index (χ4v) is 3.43. The molecule has 0 saturated carbocycles. The van der Waals surface area contributed by atoms with E-state index in [4.69, 9.17) is 21.7 Å². The molecule has 0 radical (unpaired) electrons. The molecule has 176 valence electrons. The van der Waals surface area contributed by atoms with Crippen LogP contribution in [0.2, 0.25) is 0 Å². The minimum absolute atomic E-state index is 0.0411. The maximum Gasteiger partial charge on any atom is 0.330 e. The van der Waals surface area contributed by atoms with Gasteiger partial charge in [-0.25, -0.2) is 13.2 Å². The first-order valence-corrected chi connectivity index (χ1v) is 11.1. The Labute approximate surface area is 195 Å². The number of aromatic nitrogens is 2. The van der Waals surface area contributed by atoms with Crippen LogP contribution in [-0.4, -0.2) is 56.2 Å². The molecule has 1 aromatic heterocycles. The topological polar surface area (TPSA) is 158 Å². The molecule has 0 aliphatic rings. The van der Waals surface area contributed by atoms with Crippen molar-refractivity contribution in [2.24, 2.45) is 0 Å². The van der Waals surface area contributed by atoms with Crippen molar-refractivity contribution in [2.75, 3.05) is 30.9 Å². The van der Waals surface area contributed by atoms with Crippen molar-refractivity contribution >= 4 is 50.7 Å². The lowest BCUT2D eigenvalue weighted by Gasteiger charge is -2.11. The van der Waals surface area contributed by atoms with Crippen LogP contribution in [-0.2, 0) is 24.3 Å². The van der Waals surface area contributed by atoms with Gasteiger partial charge in [0.1, 0.15) is 0 Å². The summed E-state index contributed by atoms with van der Waals surface area (Å²) in [4.78, 5) is 30.7. The smallest absolute Gasteiger partial charge is 0.330 e. The summed E-state index contributed by atoms with van der Waals surface area (Å²) >= 11 is 5.02.